The number of nitrogens with zero attached hydrogens (tertiary/aromatic N) is 2. The van der Waals surface area contributed by atoms with Gasteiger partial charge in [0.2, 0.25) is 5.91 Å². The van der Waals surface area contributed by atoms with Gasteiger partial charge in [-0.1, -0.05) is 18.2 Å². The van der Waals surface area contributed by atoms with E-state index in [1.807, 2.05) is 19.1 Å². The van der Waals surface area contributed by atoms with Crippen LogP contribution in [-0.2, 0) is 11.2 Å². The van der Waals surface area contributed by atoms with Crippen LogP contribution in [0.15, 0.2) is 36.4 Å². The molecule has 1 saturated heterocycles. The van der Waals surface area contributed by atoms with Crippen LogP contribution >= 0.6 is 11.3 Å². The number of rotatable bonds is 4. The van der Waals surface area contributed by atoms with Crippen LogP contribution in [0.3, 0.4) is 0 Å². The number of carbonyl (C=O) groups excluding carboxylic acids is 2. The number of carbonyl (C=O) groups is 3. The van der Waals surface area contributed by atoms with E-state index in [1.54, 1.807) is 28.0 Å². The molecule has 0 radical (unpaired) electrons. The van der Waals surface area contributed by atoms with Gasteiger partial charge in [0.15, 0.2) is 0 Å². The fraction of sp³-hybridized carbons (Fsp3) is 0.316. The van der Waals surface area contributed by atoms with E-state index in [-0.39, 0.29) is 23.8 Å². The van der Waals surface area contributed by atoms with E-state index >= 15 is 0 Å². The number of thiophene rings is 1. The zero-order valence-corrected chi connectivity index (χ0v) is 15.3. The Kier molecular flexibility index (Phi) is 5.37. The third kappa shape index (κ3) is 3.94. The SMILES string of the molecule is Cc1ccc(C(=O)N2CCN(C(=O)Cc3ccccc3C(=O)O)CC2)s1. The summed E-state index contributed by atoms with van der Waals surface area (Å²) in [5.74, 6) is -1.14. The highest BCUT2D eigenvalue weighted by Crippen LogP contribution is 2.18. The summed E-state index contributed by atoms with van der Waals surface area (Å²) in [4.78, 5) is 41.5. The minimum atomic E-state index is -1.03. The van der Waals surface area contributed by atoms with Gasteiger partial charge in [0.05, 0.1) is 16.9 Å². The maximum Gasteiger partial charge on any atom is 0.335 e. The van der Waals surface area contributed by atoms with Crippen LogP contribution in [0.2, 0.25) is 0 Å². The van der Waals surface area contributed by atoms with E-state index in [9.17, 15) is 19.5 Å². The molecule has 0 spiro atoms. The van der Waals surface area contributed by atoms with Gasteiger partial charge in [0, 0.05) is 31.1 Å². The molecule has 6 nitrogen and oxygen atoms in total. The third-order valence-electron chi connectivity index (χ3n) is 4.46. The second kappa shape index (κ2) is 7.70. The number of piperazine rings is 1. The smallest absolute Gasteiger partial charge is 0.335 e. The lowest BCUT2D eigenvalue weighted by atomic mass is 10.0. The molecule has 0 unspecified atom stereocenters. The van der Waals surface area contributed by atoms with Gasteiger partial charge in [0.25, 0.3) is 5.91 Å². The summed E-state index contributed by atoms with van der Waals surface area (Å²) in [5.41, 5.74) is 0.667. The van der Waals surface area contributed by atoms with Gasteiger partial charge in [-0.2, -0.15) is 0 Å². The molecular formula is C19H20N2O4S. The van der Waals surface area contributed by atoms with Crippen LogP contribution in [0.25, 0.3) is 0 Å². The Labute approximate surface area is 155 Å². The third-order valence-corrected chi connectivity index (χ3v) is 5.45. The van der Waals surface area contributed by atoms with Gasteiger partial charge >= 0.3 is 5.97 Å². The van der Waals surface area contributed by atoms with Crippen molar-refractivity contribution in [2.75, 3.05) is 26.2 Å². The first-order chi connectivity index (χ1) is 12.5. The number of benzene rings is 1. The Bertz CT molecular complexity index is 838. The topological polar surface area (TPSA) is 77.9 Å². The maximum atomic E-state index is 12.5. The van der Waals surface area contributed by atoms with E-state index in [4.69, 9.17) is 0 Å². The molecule has 1 fully saturated rings. The van der Waals surface area contributed by atoms with Crippen LogP contribution in [0.1, 0.15) is 30.5 Å². The monoisotopic (exact) mass is 372 g/mol. The van der Waals surface area contributed by atoms with Gasteiger partial charge in [-0.15, -0.1) is 11.3 Å². The zero-order chi connectivity index (χ0) is 18.7. The number of aromatic carboxylic acids is 1. The Balaban J connectivity index is 1.59. The molecule has 0 bridgehead atoms. The summed E-state index contributed by atoms with van der Waals surface area (Å²) in [6.45, 7) is 3.87. The highest BCUT2D eigenvalue weighted by molar-refractivity contribution is 7.13. The molecular weight excluding hydrogens is 352 g/mol. The van der Waals surface area contributed by atoms with Crippen LogP contribution in [-0.4, -0.2) is 58.9 Å². The molecule has 1 aromatic carbocycles. The van der Waals surface area contributed by atoms with Gasteiger partial charge in [0.1, 0.15) is 0 Å². The largest absolute Gasteiger partial charge is 0.478 e. The molecule has 1 aliphatic rings. The van der Waals surface area contributed by atoms with Gasteiger partial charge in [-0.05, 0) is 30.7 Å². The molecule has 26 heavy (non-hydrogen) atoms. The molecule has 0 aliphatic carbocycles. The average molecular weight is 372 g/mol. The lowest BCUT2D eigenvalue weighted by Crippen LogP contribution is -2.50. The van der Waals surface area contributed by atoms with Crippen molar-refractivity contribution < 1.29 is 19.5 Å². The summed E-state index contributed by atoms with van der Waals surface area (Å²) in [5, 5.41) is 9.23. The Morgan fingerprint density at radius 3 is 2.27 bits per heavy atom. The highest BCUT2D eigenvalue weighted by Gasteiger charge is 2.26. The quantitative estimate of drug-likeness (QED) is 0.893. The van der Waals surface area contributed by atoms with Gasteiger partial charge in [-0.3, -0.25) is 9.59 Å². The predicted molar refractivity (Wildman–Crippen MR) is 98.6 cm³/mol. The van der Waals surface area contributed by atoms with Crippen molar-refractivity contribution in [3.05, 3.63) is 57.3 Å². The van der Waals surface area contributed by atoms with Gasteiger partial charge in [-0.25, -0.2) is 4.79 Å². The van der Waals surface area contributed by atoms with Crippen molar-refractivity contribution in [3.63, 3.8) is 0 Å². The zero-order valence-electron chi connectivity index (χ0n) is 14.5. The first-order valence-electron chi connectivity index (χ1n) is 8.40. The lowest BCUT2D eigenvalue weighted by Gasteiger charge is -2.34. The van der Waals surface area contributed by atoms with Crippen LogP contribution in [0.5, 0.6) is 0 Å². The molecule has 1 aliphatic heterocycles. The molecule has 2 aromatic rings. The molecule has 2 heterocycles. The van der Waals surface area contributed by atoms with E-state index in [2.05, 4.69) is 0 Å². The molecule has 3 rings (SSSR count). The number of amides is 2. The van der Waals surface area contributed by atoms with Crippen molar-refractivity contribution in [2.45, 2.75) is 13.3 Å². The van der Waals surface area contributed by atoms with E-state index in [0.29, 0.717) is 31.7 Å². The number of carboxylic acid groups (broad SMARTS) is 1. The van der Waals surface area contributed by atoms with E-state index in [1.165, 1.54) is 17.4 Å². The van der Waals surface area contributed by atoms with Crippen molar-refractivity contribution in [3.8, 4) is 0 Å². The normalized spacial score (nSPS) is 14.3. The average Bonchev–Trinajstić information content (AvgIpc) is 3.08. The number of hydrogen-bond acceptors (Lipinski definition) is 4. The highest BCUT2D eigenvalue weighted by atomic mass is 32.1. The Morgan fingerprint density at radius 2 is 1.65 bits per heavy atom. The standard InChI is InChI=1S/C19H20N2O4S/c1-13-6-7-16(26-13)18(23)21-10-8-20(9-11-21)17(22)12-14-4-2-3-5-15(14)19(24)25/h2-7H,8-12H2,1H3,(H,24,25). The second-order valence-electron chi connectivity index (χ2n) is 6.22. The van der Waals surface area contributed by atoms with Crippen LogP contribution < -0.4 is 0 Å². The molecule has 1 aromatic heterocycles. The maximum absolute atomic E-state index is 12.5. The summed E-state index contributed by atoms with van der Waals surface area (Å²) in [7, 11) is 0. The van der Waals surface area contributed by atoms with Crippen LogP contribution in [0, 0.1) is 6.92 Å². The fourth-order valence-corrected chi connectivity index (χ4v) is 3.86. The molecule has 7 heteroatoms. The summed E-state index contributed by atoms with van der Waals surface area (Å²) < 4.78 is 0. The van der Waals surface area contributed by atoms with E-state index < -0.39 is 5.97 Å². The molecule has 2 amide bonds. The summed E-state index contributed by atoms with van der Waals surface area (Å²) >= 11 is 1.48. The molecule has 0 saturated carbocycles. The first-order valence-corrected chi connectivity index (χ1v) is 9.22. The molecule has 136 valence electrons. The van der Waals surface area contributed by atoms with E-state index in [0.717, 1.165) is 9.75 Å². The summed E-state index contributed by atoms with van der Waals surface area (Å²) in [6.07, 6.45) is 0.0561. The second-order valence-corrected chi connectivity index (χ2v) is 7.51. The van der Waals surface area contributed by atoms with Crippen molar-refractivity contribution in [1.82, 2.24) is 9.80 Å². The van der Waals surface area contributed by atoms with Crippen molar-refractivity contribution in [1.29, 1.82) is 0 Å². The summed E-state index contributed by atoms with van der Waals surface area (Å²) in [6, 6.07) is 10.3. The number of carboxylic acids is 1. The molecule has 0 atom stereocenters. The minimum Gasteiger partial charge on any atom is -0.478 e. The van der Waals surface area contributed by atoms with Crippen molar-refractivity contribution >= 4 is 29.1 Å². The first kappa shape index (κ1) is 18.1. The Morgan fingerprint density at radius 1 is 1.00 bits per heavy atom. The van der Waals surface area contributed by atoms with Crippen molar-refractivity contribution in [2.24, 2.45) is 0 Å². The van der Waals surface area contributed by atoms with Gasteiger partial charge < -0.3 is 14.9 Å². The minimum absolute atomic E-state index is 0.00595. The van der Waals surface area contributed by atoms with Crippen LogP contribution in [0.4, 0.5) is 0 Å². The number of hydrogen-bond donors (Lipinski definition) is 1. The lowest BCUT2D eigenvalue weighted by molar-refractivity contribution is -0.131. The predicted octanol–water partition coefficient (Wildman–Crippen LogP) is 2.28. The fourth-order valence-electron chi connectivity index (χ4n) is 3.02. The number of aryl methyl sites for hydroxylation is 1. The molecule has 1 N–H and O–H groups in total. The Hall–Kier alpha value is -2.67.